The van der Waals surface area contributed by atoms with Gasteiger partial charge < -0.3 is 24.8 Å². The topological polar surface area (TPSA) is 99.8 Å². The van der Waals surface area contributed by atoms with Crippen LogP contribution in [0, 0.1) is 0 Å². The van der Waals surface area contributed by atoms with Crippen LogP contribution in [0.4, 0.5) is 5.69 Å². The van der Waals surface area contributed by atoms with Gasteiger partial charge in [-0.25, -0.2) is 4.98 Å². The Bertz CT molecular complexity index is 1420. The Kier molecular flexibility index (Phi) is 5.41. The van der Waals surface area contributed by atoms with E-state index >= 15 is 0 Å². The predicted molar refractivity (Wildman–Crippen MR) is 129 cm³/mol. The minimum atomic E-state index is -0.138. The van der Waals surface area contributed by atoms with Gasteiger partial charge in [0.15, 0.2) is 11.5 Å². The van der Waals surface area contributed by atoms with E-state index in [1.165, 1.54) is 0 Å². The molecule has 1 amide bonds. The van der Waals surface area contributed by atoms with E-state index in [0.717, 1.165) is 22.1 Å². The lowest BCUT2D eigenvalue weighted by Gasteiger charge is -2.17. The number of aromatic nitrogens is 2. The molecule has 3 heterocycles. The molecule has 0 fully saturated rings. The van der Waals surface area contributed by atoms with Crippen LogP contribution in [0.5, 0.6) is 17.2 Å². The molecule has 0 saturated heterocycles. The molecule has 2 N–H and O–H groups in total. The Morgan fingerprint density at radius 1 is 0.971 bits per heavy atom. The average Bonchev–Trinajstić information content (AvgIpc) is 3.18. The Hall–Kier alpha value is -4.33. The summed E-state index contributed by atoms with van der Waals surface area (Å²) in [5.74, 6) is 1.80. The first-order valence-electron chi connectivity index (χ1n) is 10.7. The molecule has 0 atom stereocenters. The highest BCUT2D eigenvalue weighted by atomic mass is 16.5. The summed E-state index contributed by atoms with van der Waals surface area (Å²) in [7, 11) is 4.80. The molecule has 0 radical (unpaired) electrons. The summed E-state index contributed by atoms with van der Waals surface area (Å²) in [5.41, 5.74) is 11.4. The largest absolute Gasteiger partial charge is 0.496 e. The summed E-state index contributed by atoms with van der Waals surface area (Å²) in [6, 6.07) is 13.2. The van der Waals surface area contributed by atoms with Crippen LogP contribution in [0.25, 0.3) is 22.0 Å². The fourth-order valence-corrected chi connectivity index (χ4v) is 4.43. The summed E-state index contributed by atoms with van der Waals surface area (Å²) in [5, 5.41) is 0.725. The molecule has 8 heteroatoms. The van der Waals surface area contributed by atoms with Crippen LogP contribution < -0.4 is 19.9 Å². The molecule has 0 bridgehead atoms. The second kappa shape index (κ2) is 8.55. The van der Waals surface area contributed by atoms with Gasteiger partial charge in [0.25, 0.3) is 5.91 Å². The summed E-state index contributed by atoms with van der Waals surface area (Å²) in [6.45, 7) is 0.760. The number of benzene rings is 2. The van der Waals surface area contributed by atoms with Gasteiger partial charge >= 0.3 is 0 Å². The van der Waals surface area contributed by atoms with Gasteiger partial charge in [-0.1, -0.05) is 24.3 Å². The van der Waals surface area contributed by atoms with E-state index in [0.29, 0.717) is 52.8 Å². The number of hydrogen-bond acceptors (Lipinski definition) is 7. The van der Waals surface area contributed by atoms with Gasteiger partial charge in [-0.3, -0.25) is 9.78 Å². The van der Waals surface area contributed by atoms with Crippen LogP contribution >= 0.6 is 0 Å². The van der Waals surface area contributed by atoms with Crippen LogP contribution in [0.1, 0.15) is 21.6 Å². The zero-order valence-corrected chi connectivity index (χ0v) is 19.2. The molecular weight excluding hydrogens is 432 g/mol. The highest BCUT2D eigenvalue weighted by Crippen LogP contribution is 2.39. The number of carbonyl (C=O) groups is 1. The highest BCUT2D eigenvalue weighted by Gasteiger charge is 2.32. The molecule has 2 aromatic heterocycles. The number of para-hydroxylation sites is 1. The predicted octanol–water partition coefficient (Wildman–Crippen LogP) is 4.06. The molecule has 34 heavy (non-hydrogen) atoms. The Morgan fingerprint density at radius 3 is 2.53 bits per heavy atom. The fourth-order valence-electron chi connectivity index (χ4n) is 4.43. The van der Waals surface area contributed by atoms with Gasteiger partial charge in [-0.2, -0.15) is 0 Å². The lowest BCUT2D eigenvalue weighted by Crippen LogP contribution is -2.23. The number of anilines is 1. The van der Waals surface area contributed by atoms with E-state index in [1.54, 1.807) is 44.7 Å². The number of rotatable bonds is 6. The van der Waals surface area contributed by atoms with Crippen LogP contribution in [0.3, 0.4) is 0 Å². The van der Waals surface area contributed by atoms with E-state index in [4.69, 9.17) is 24.9 Å². The molecule has 4 aromatic rings. The normalized spacial score (nSPS) is 12.7. The van der Waals surface area contributed by atoms with E-state index in [1.807, 2.05) is 36.4 Å². The second-order valence-corrected chi connectivity index (χ2v) is 7.98. The molecule has 8 nitrogen and oxygen atoms in total. The van der Waals surface area contributed by atoms with Crippen molar-refractivity contribution in [2.45, 2.75) is 13.1 Å². The molecule has 172 valence electrons. The summed E-state index contributed by atoms with van der Waals surface area (Å²) in [4.78, 5) is 24.2. The van der Waals surface area contributed by atoms with Crippen molar-refractivity contribution < 1.29 is 19.0 Å². The monoisotopic (exact) mass is 456 g/mol. The molecule has 0 unspecified atom stereocenters. The molecule has 1 aliphatic heterocycles. The quantitative estimate of drug-likeness (QED) is 0.467. The molecule has 2 aromatic carbocycles. The SMILES string of the molecule is COc1ccc(CN2Cc3nc4c(-c5cnccc5OC)cccc4c(N)c3C2=O)cc1OC. The molecule has 1 aliphatic rings. The maximum Gasteiger partial charge on any atom is 0.258 e. The van der Waals surface area contributed by atoms with Crippen molar-refractivity contribution in [1.29, 1.82) is 0 Å². The summed E-state index contributed by atoms with van der Waals surface area (Å²) < 4.78 is 16.2. The first-order chi connectivity index (χ1) is 16.5. The van der Waals surface area contributed by atoms with Crippen molar-refractivity contribution in [3.63, 3.8) is 0 Å². The first kappa shape index (κ1) is 21.5. The van der Waals surface area contributed by atoms with E-state index < -0.39 is 0 Å². The second-order valence-electron chi connectivity index (χ2n) is 7.98. The van der Waals surface area contributed by atoms with Crippen LogP contribution in [-0.4, -0.2) is 42.1 Å². The lowest BCUT2D eigenvalue weighted by molar-refractivity contribution is 0.0767. The number of nitrogens with zero attached hydrogens (tertiary/aromatic N) is 3. The maximum atomic E-state index is 13.3. The van der Waals surface area contributed by atoms with Crippen LogP contribution in [0.15, 0.2) is 54.9 Å². The molecule has 5 rings (SSSR count). The van der Waals surface area contributed by atoms with Gasteiger partial charge in [0.1, 0.15) is 5.75 Å². The Labute approximate surface area is 196 Å². The summed E-state index contributed by atoms with van der Waals surface area (Å²) >= 11 is 0. The number of hydrogen-bond donors (Lipinski definition) is 1. The standard InChI is InChI=1S/C26H24N4O4/c1-32-20-9-10-28-12-18(20)16-5-4-6-17-24(27)23-19(29-25(16)17)14-30(26(23)31)13-15-7-8-21(33-2)22(11-15)34-3/h4-12H,13-14H2,1-3H3,(H2,27,29). The van der Waals surface area contributed by atoms with Gasteiger partial charge in [0.05, 0.1) is 50.3 Å². The fraction of sp³-hybridized carbons (Fsp3) is 0.192. The number of methoxy groups -OCH3 is 3. The smallest absolute Gasteiger partial charge is 0.258 e. The van der Waals surface area contributed by atoms with Crippen molar-refractivity contribution in [3.8, 4) is 28.4 Å². The average molecular weight is 457 g/mol. The summed E-state index contributed by atoms with van der Waals surface area (Å²) in [6.07, 6.45) is 3.42. The Balaban J connectivity index is 1.55. The van der Waals surface area contributed by atoms with Crippen LogP contribution in [0.2, 0.25) is 0 Å². The number of amides is 1. The molecule has 0 saturated carbocycles. The van der Waals surface area contributed by atoms with Crippen LogP contribution in [-0.2, 0) is 13.1 Å². The third kappa shape index (κ3) is 3.44. The van der Waals surface area contributed by atoms with E-state index in [-0.39, 0.29) is 5.91 Å². The van der Waals surface area contributed by atoms with Gasteiger partial charge in [-0.05, 0) is 23.8 Å². The van der Waals surface area contributed by atoms with Crippen molar-refractivity contribution in [2.75, 3.05) is 27.1 Å². The third-order valence-corrected chi connectivity index (χ3v) is 6.09. The van der Waals surface area contributed by atoms with E-state index in [9.17, 15) is 4.79 Å². The molecule has 0 aliphatic carbocycles. The lowest BCUT2D eigenvalue weighted by atomic mass is 9.99. The molecule has 0 spiro atoms. The number of carbonyl (C=O) groups excluding carboxylic acids is 1. The van der Waals surface area contributed by atoms with Gasteiger partial charge in [-0.15, -0.1) is 0 Å². The van der Waals surface area contributed by atoms with Crippen molar-refractivity contribution in [3.05, 3.63) is 71.7 Å². The maximum absolute atomic E-state index is 13.3. The zero-order valence-electron chi connectivity index (χ0n) is 19.2. The van der Waals surface area contributed by atoms with Gasteiger partial charge in [0.2, 0.25) is 0 Å². The number of ether oxygens (including phenoxy) is 3. The Morgan fingerprint density at radius 2 is 1.76 bits per heavy atom. The number of nitrogen functional groups attached to an aromatic ring is 1. The molecular formula is C26H24N4O4. The van der Waals surface area contributed by atoms with Crippen molar-refractivity contribution in [1.82, 2.24) is 14.9 Å². The number of pyridine rings is 2. The van der Waals surface area contributed by atoms with Crippen molar-refractivity contribution in [2.24, 2.45) is 0 Å². The minimum absolute atomic E-state index is 0.138. The van der Waals surface area contributed by atoms with Crippen molar-refractivity contribution >= 4 is 22.5 Å². The van der Waals surface area contributed by atoms with Gasteiger partial charge in [0, 0.05) is 35.5 Å². The highest BCUT2D eigenvalue weighted by molar-refractivity contribution is 6.11. The van der Waals surface area contributed by atoms with E-state index in [2.05, 4.69) is 4.98 Å². The first-order valence-corrected chi connectivity index (χ1v) is 10.7. The number of nitrogens with two attached hydrogens (primary N) is 1. The minimum Gasteiger partial charge on any atom is -0.496 e. The number of fused-ring (bicyclic) bond motifs is 2. The zero-order chi connectivity index (χ0) is 23.8. The third-order valence-electron chi connectivity index (χ3n) is 6.09.